The number of sulfonamides is 2. The van der Waals surface area contributed by atoms with Crippen LogP contribution in [0.1, 0.15) is 63.8 Å². The lowest BCUT2D eigenvalue weighted by Crippen LogP contribution is -2.48. The van der Waals surface area contributed by atoms with E-state index < -0.39 is 31.2 Å². The Bertz CT molecular complexity index is 2370. The first kappa shape index (κ1) is 46.2. The van der Waals surface area contributed by atoms with Crippen LogP contribution in [0.4, 0.5) is 11.4 Å². The zero-order valence-electron chi connectivity index (χ0n) is 36.2. The SMILES string of the molecule is CC1(C#Cc2cc(C(C)(C)O)ccc2N2CCN(S(=O)(=O)c3cccs3)CC2)COC1.CC1(C#Cc2cc(C(C)(C)O)ccc2N2CCN(S(=O)(=O)c3cccs3)CC2)COC1. The molecular weight excluding hydrogens is 865 g/mol. The predicted octanol–water partition coefficient (Wildman–Crippen LogP) is 5.75. The van der Waals surface area contributed by atoms with Gasteiger partial charge in [0.05, 0.1) is 59.8 Å². The normalized spacial score (nSPS) is 19.4. The van der Waals surface area contributed by atoms with Crippen molar-refractivity contribution in [3.05, 3.63) is 93.7 Å². The van der Waals surface area contributed by atoms with E-state index in [1.54, 1.807) is 71.3 Å². The molecule has 4 aromatic rings. The molecule has 0 unspecified atom stereocenters. The van der Waals surface area contributed by atoms with E-state index in [4.69, 9.17) is 9.47 Å². The van der Waals surface area contributed by atoms with Crippen molar-refractivity contribution in [2.45, 2.75) is 61.2 Å². The van der Waals surface area contributed by atoms with Crippen LogP contribution in [-0.4, -0.2) is 114 Å². The molecule has 4 saturated heterocycles. The van der Waals surface area contributed by atoms with Gasteiger partial charge >= 0.3 is 0 Å². The Morgan fingerprint density at radius 3 is 1.21 bits per heavy atom. The van der Waals surface area contributed by atoms with E-state index in [-0.39, 0.29) is 10.8 Å². The Hall–Kier alpha value is -3.78. The van der Waals surface area contributed by atoms with E-state index in [0.29, 0.717) is 87.2 Å². The van der Waals surface area contributed by atoms with Gasteiger partial charge in [-0.3, -0.25) is 0 Å². The highest BCUT2D eigenvalue weighted by Gasteiger charge is 2.34. The molecule has 4 aliphatic rings. The molecule has 62 heavy (non-hydrogen) atoms. The molecule has 0 amide bonds. The molecule has 2 N–H and O–H groups in total. The third-order valence-corrected chi connectivity index (χ3v) is 18.0. The fourth-order valence-corrected chi connectivity index (χ4v) is 12.5. The van der Waals surface area contributed by atoms with Crippen molar-refractivity contribution in [1.29, 1.82) is 0 Å². The highest BCUT2D eigenvalue weighted by molar-refractivity contribution is 7.91. The van der Waals surface area contributed by atoms with Crippen molar-refractivity contribution in [3.8, 4) is 23.7 Å². The van der Waals surface area contributed by atoms with Crippen LogP contribution in [0, 0.1) is 34.5 Å². The van der Waals surface area contributed by atoms with Crippen LogP contribution >= 0.6 is 22.7 Å². The maximum atomic E-state index is 12.8. The zero-order valence-corrected chi connectivity index (χ0v) is 39.4. The van der Waals surface area contributed by atoms with Gasteiger partial charge in [0.1, 0.15) is 8.42 Å². The lowest BCUT2D eigenvalue weighted by Gasteiger charge is -2.36. The number of nitrogens with zero attached hydrogens (tertiary/aromatic N) is 4. The van der Waals surface area contributed by atoms with Crippen LogP contribution in [-0.2, 0) is 40.7 Å². The van der Waals surface area contributed by atoms with Gasteiger partial charge in [-0.1, -0.05) is 47.9 Å². The second kappa shape index (κ2) is 18.0. The Labute approximate surface area is 375 Å². The summed E-state index contributed by atoms with van der Waals surface area (Å²) in [6.45, 7) is 17.7. The number of ether oxygens (including phenoxy) is 2. The largest absolute Gasteiger partial charge is 0.386 e. The first-order chi connectivity index (χ1) is 29.2. The van der Waals surface area contributed by atoms with Crippen molar-refractivity contribution in [3.63, 3.8) is 0 Å². The van der Waals surface area contributed by atoms with Crippen molar-refractivity contribution >= 4 is 54.1 Å². The smallest absolute Gasteiger partial charge is 0.252 e. The molecular formula is C46H56N4O8S4. The third-order valence-electron chi connectivity index (χ3n) is 11.4. The molecule has 16 heteroatoms. The topological polar surface area (TPSA) is 140 Å². The summed E-state index contributed by atoms with van der Waals surface area (Å²) in [4.78, 5) is 4.36. The summed E-state index contributed by atoms with van der Waals surface area (Å²) < 4.78 is 65.8. The van der Waals surface area contributed by atoms with E-state index in [9.17, 15) is 27.0 Å². The van der Waals surface area contributed by atoms with Gasteiger partial charge in [0.25, 0.3) is 20.0 Å². The summed E-state index contributed by atoms with van der Waals surface area (Å²) in [5, 5.41) is 24.5. The van der Waals surface area contributed by atoms with Crippen molar-refractivity contribution in [2.24, 2.45) is 10.8 Å². The molecule has 0 radical (unpaired) electrons. The molecule has 8 rings (SSSR count). The Balaban J connectivity index is 0.000000186. The summed E-state index contributed by atoms with van der Waals surface area (Å²) in [5.41, 5.74) is 3.02. The number of rotatable bonds is 8. The number of hydrogen-bond acceptors (Lipinski definition) is 12. The first-order valence-electron chi connectivity index (χ1n) is 20.7. The molecule has 4 fully saturated rings. The van der Waals surface area contributed by atoms with Gasteiger partial charge in [-0.15, -0.1) is 22.7 Å². The molecule has 6 heterocycles. The lowest BCUT2D eigenvalue weighted by atomic mass is 9.88. The molecule has 0 bridgehead atoms. The number of thiophene rings is 2. The van der Waals surface area contributed by atoms with Crippen LogP contribution in [0.15, 0.2) is 79.8 Å². The highest BCUT2D eigenvalue weighted by Crippen LogP contribution is 2.33. The van der Waals surface area contributed by atoms with Gasteiger partial charge in [-0.05, 0) is 99.8 Å². The van der Waals surface area contributed by atoms with E-state index >= 15 is 0 Å². The summed E-state index contributed by atoms with van der Waals surface area (Å²) >= 11 is 2.50. The maximum Gasteiger partial charge on any atom is 0.252 e. The highest BCUT2D eigenvalue weighted by atomic mass is 32.3. The van der Waals surface area contributed by atoms with Crippen molar-refractivity contribution in [1.82, 2.24) is 8.61 Å². The number of hydrogen-bond donors (Lipinski definition) is 2. The maximum absolute atomic E-state index is 12.8. The minimum absolute atomic E-state index is 0.143. The lowest BCUT2D eigenvalue weighted by molar-refractivity contribution is -0.0648. The second-order valence-electron chi connectivity index (χ2n) is 17.8. The molecule has 2 aromatic carbocycles. The van der Waals surface area contributed by atoms with Gasteiger partial charge in [0, 0.05) is 63.5 Å². The number of anilines is 2. The summed E-state index contributed by atoms with van der Waals surface area (Å²) in [6.07, 6.45) is 0. The van der Waals surface area contributed by atoms with Gasteiger partial charge in [-0.25, -0.2) is 16.8 Å². The van der Waals surface area contributed by atoms with Crippen molar-refractivity contribution < 1.29 is 36.5 Å². The van der Waals surface area contributed by atoms with Crippen molar-refractivity contribution in [2.75, 3.05) is 88.6 Å². The van der Waals surface area contributed by atoms with E-state index in [2.05, 4.69) is 47.3 Å². The monoisotopic (exact) mass is 920 g/mol. The molecule has 0 spiro atoms. The molecule has 332 valence electrons. The fourth-order valence-electron chi connectivity index (χ4n) is 7.40. The van der Waals surface area contributed by atoms with Crippen LogP contribution in [0.5, 0.6) is 0 Å². The standard InChI is InChI=1S/2C23H28N2O4S2/c2*1-22(2,26)19-6-7-20(18(15-19)8-9-23(3)16-29-17-23)24-10-12-25(13-11-24)31(27,28)21-5-4-14-30-21/h2*4-7,14-15,26H,10-13,16-17H2,1-3H3. The zero-order chi connectivity index (χ0) is 44.6. The Kier molecular flexibility index (Phi) is 13.4. The van der Waals surface area contributed by atoms with Crippen LogP contribution in [0.25, 0.3) is 0 Å². The molecule has 12 nitrogen and oxygen atoms in total. The molecule has 0 saturated carbocycles. The minimum atomic E-state index is -3.44. The van der Waals surface area contributed by atoms with Gasteiger partial charge in [0.15, 0.2) is 0 Å². The second-order valence-corrected chi connectivity index (χ2v) is 24.1. The summed E-state index contributed by atoms with van der Waals surface area (Å²) in [5.74, 6) is 13.3. The number of aliphatic hydroxyl groups is 2. The molecule has 0 atom stereocenters. The molecule has 0 aliphatic carbocycles. The van der Waals surface area contributed by atoms with E-state index in [1.165, 1.54) is 22.7 Å². The van der Waals surface area contributed by atoms with Crippen LogP contribution < -0.4 is 9.80 Å². The number of benzene rings is 2. The first-order valence-corrected chi connectivity index (χ1v) is 25.3. The van der Waals surface area contributed by atoms with Crippen LogP contribution in [0.2, 0.25) is 0 Å². The van der Waals surface area contributed by atoms with Gasteiger partial charge in [-0.2, -0.15) is 8.61 Å². The Morgan fingerprint density at radius 1 is 0.581 bits per heavy atom. The van der Waals surface area contributed by atoms with Gasteiger partial charge < -0.3 is 29.5 Å². The van der Waals surface area contributed by atoms with Gasteiger partial charge in [0.2, 0.25) is 0 Å². The minimum Gasteiger partial charge on any atom is -0.386 e. The van der Waals surface area contributed by atoms with E-state index in [1.807, 2.05) is 36.4 Å². The number of piperazine rings is 2. The average molecular weight is 921 g/mol. The third kappa shape index (κ3) is 10.4. The summed E-state index contributed by atoms with van der Waals surface area (Å²) in [7, 11) is -6.87. The van der Waals surface area contributed by atoms with E-state index in [0.717, 1.165) is 33.6 Å². The average Bonchev–Trinajstić information content (AvgIpc) is 3.98. The fraction of sp³-hybridized carbons (Fsp3) is 0.478. The molecule has 2 aromatic heterocycles. The summed E-state index contributed by atoms with van der Waals surface area (Å²) in [6, 6.07) is 18.5. The Morgan fingerprint density at radius 2 is 0.935 bits per heavy atom. The van der Waals surface area contributed by atoms with Crippen LogP contribution in [0.3, 0.4) is 0 Å². The quantitative estimate of drug-likeness (QED) is 0.210. The predicted molar refractivity (Wildman–Crippen MR) is 246 cm³/mol. The molecule has 4 aliphatic heterocycles.